The van der Waals surface area contributed by atoms with E-state index in [1.165, 1.54) is 17.7 Å². The lowest BCUT2D eigenvalue weighted by Gasteiger charge is -2.33. The molecule has 0 bridgehead atoms. The van der Waals surface area contributed by atoms with Gasteiger partial charge in [-0.25, -0.2) is 9.40 Å². The van der Waals surface area contributed by atoms with Crippen molar-refractivity contribution in [3.63, 3.8) is 0 Å². The number of amides is 1. The first kappa shape index (κ1) is 22.5. The van der Waals surface area contributed by atoms with E-state index in [1.807, 2.05) is 29.9 Å². The summed E-state index contributed by atoms with van der Waals surface area (Å²) in [6, 6.07) is 20.9. The summed E-state index contributed by atoms with van der Waals surface area (Å²) in [5, 5.41) is 6.40. The largest absolute Gasteiger partial charge is 0.353 e. The highest BCUT2D eigenvalue weighted by Crippen LogP contribution is 2.33. The smallest absolute Gasteiger partial charge is 0.257 e. The first-order valence-corrected chi connectivity index (χ1v) is 12.1. The Morgan fingerprint density at radius 3 is 2.41 bits per heavy atom. The van der Waals surface area contributed by atoms with Gasteiger partial charge in [0.05, 0.1) is 12.3 Å². The van der Waals surface area contributed by atoms with E-state index in [0.29, 0.717) is 18.9 Å². The predicted molar refractivity (Wildman–Crippen MR) is 132 cm³/mol. The van der Waals surface area contributed by atoms with Crippen molar-refractivity contribution in [2.24, 2.45) is 18.1 Å². The Bertz CT molecular complexity index is 1150. The molecule has 5 rings (SSSR count). The van der Waals surface area contributed by atoms with E-state index < -0.39 is 0 Å². The molecule has 1 aromatic heterocycles. The van der Waals surface area contributed by atoms with Crippen molar-refractivity contribution in [3.8, 4) is 0 Å². The Labute approximate surface area is 200 Å². The van der Waals surface area contributed by atoms with Gasteiger partial charge in [0.15, 0.2) is 0 Å². The molecule has 0 saturated carbocycles. The molecule has 176 valence electrons. The molecule has 0 spiro atoms. The molecule has 6 heteroatoms. The van der Waals surface area contributed by atoms with Gasteiger partial charge < -0.3 is 4.57 Å². The number of piperidine rings is 1. The second-order valence-electron chi connectivity index (χ2n) is 9.47. The second kappa shape index (κ2) is 9.94. The zero-order chi connectivity index (χ0) is 23.5. The van der Waals surface area contributed by atoms with E-state index >= 15 is 0 Å². The topological polar surface area (TPSA) is 40.8 Å². The number of hydrazone groups is 1. The summed E-state index contributed by atoms with van der Waals surface area (Å²) in [5.41, 5.74) is 4.12. The van der Waals surface area contributed by atoms with Crippen molar-refractivity contribution in [3.05, 3.63) is 95.6 Å². The zero-order valence-corrected chi connectivity index (χ0v) is 19.6. The molecule has 3 aromatic rings. The molecule has 5 nitrogen and oxygen atoms in total. The predicted octanol–water partition coefficient (Wildman–Crippen LogP) is 4.80. The van der Waals surface area contributed by atoms with Crippen LogP contribution in [0, 0.1) is 11.7 Å². The second-order valence-corrected chi connectivity index (χ2v) is 9.47. The quantitative estimate of drug-likeness (QED) is 0.533. The van der Waals surface area contributed by atoms with Crippen LogP contribution < -0.4 is 0 Å². The van der Waals surface area contributed by atoms with Gasteiger partial charge in [-0.05, 0) is 73.7 Å². The van der Waals surface area contributed by atoms with Gasteiger partial charge in [-0.1, -0.05) is 42.5 Å². The van der Waals surface area contributed by atoms with Crippen molar-refractivity contribution >= 4 is 11.6 Å². The van der Waals surface area contributed by atoms with E-state index in [1.54, 1.807) is 17.1 Å². The first-order chi connectivity index (χ1) is 16.6. The highest BCUT2D eigenvalue weighted by Gasteiger charge is 2.35. The van der Waals surface area contributed by atoms with E-state index in [2.05, 4.69) is 35.2 Å². The standard InChI is InChI=1S/C28H31FN4O/c1-31-15-5-8-26(31)27-19-25(23-9-11-24(29)12-10-23)30-33(27)28(34)20-32-16-13-22(14-17-32)18-21-6-3-2-4-7-21/h2-12,15,22,27H,13-14,16-20H2,1H3/t27-/m0/s1. The summed E-state index contributed by atoms with van der Waals surface area (Å²) in [4.78, 5) is 15.7. The Balaban J connectivity index is 1.26. The highest BCUT2D eigenvalue weighted by atomic mass is 19.1. The fourth-order valence-electron chi connectivity index (χ4n) is 5.17. The third kappa shape index (κ3) is 4.97. The summed E-state index contributed by atoms with van der Waals surface area (Å²) >= 11 is 0. The normalized spacial score (nSPS) is 19.4. The lowest BCUT2D eigenvalue weighted by Crippen LogP contribution is -2.42. The van der Waals surface area contributed by atoms with Crippen LogP contribution in [0.2, 0.25) is 0 Å². The Kier molecular flexibility index (Phi) is 6.59. The molecule has 0 unspecified atom stereocenters. The van der Waals surface area contributed by atoms with Gasteiger partial charge in [-0.2, -0.15) is 5.10 Å². The summed E-state index contributed by atoms with van der Waals surface area (Å²) < 4.78 is 15.5. The van der Waals surface area contributed by atoms with Crippen molar-refractivity contribution < 1.29 is 9.18 Å². The minimum Gasteiger partial charge on any atom is -0.353 e. The summed E-state index contributed by atoms with van der Waals surface area (Å²) in [6.45, 7) is 2.24. The first-order valence-electron chi connectivity index (χ1n) is 12.1. The molecule has 0 N–H and O–H groups in total. The van der Waals surface area contributed by atoms with Crippen molar-refractivity contribution in [1.29, 1.82) is 0 Å². The molecule has 34 heavy (non-hydrogen) atoms. The molecule has 1 saturated heterocycles. The fraction of sp³-hybridized carbons (Fsp3) is 0.357. The molecule has 0 radical (unpaired) electrons. The number of likely N-dealkylation sites (tertiary alicyclic amines) is 1. The maximum atomic E-state index is 13.4. The third-order valence-electron chi connectivity index (χ3n) is 7.10. The number of carbonyl (C=O) groups is 1. The highest BCUT2D eigenvalue weighted by molar-refractivity contribution is 6.03. The maximum Gasteiger partial charge on any atom is 0.257 e. The van der Waals surface area contributed by atoms with Crippen LogP contribution in [0.3, 0.4) is 0 Å². The average Bonchev–Trinajstić information content (AvgIpc) is 3.48. The van der Waals surface area contributed by atoms with Gasteiger partial charge in [-0.3, -0.25) is 9.69 Å². The summed E-state index contributed by atoms with van der Waals surface area (Å²) in [6.07, 6.45) is 5.93. The maximum absolute atomic E-state index is 13.4. The van der Waals surface area contributed by atoms with Crippen LogP contribution in [-0.2, 0) is 18.3 Å². The number of halogens is 1. The van der Waals surface area contributed by atoms with Crippen molar-refractivity contribution in [2.45, 2.75) is 31.7 Å². The van der Waals surface area contributed by atoms with E-state index in [9.17, 15) is 9.18 Å². The number of aromatic nitrogens is 1. The number of aryl methyl sites for hydroxylation is 1. The minimum absolute atomic E-state index is 0.0184. The molecule has 2 aromatic carbocycles. The molecule has 2 aliphatic heterocycles. The van der Waals surface area contributed by atoms with Gasteiger partial charge >= 0.3 is 0 Å². The van der Waals surface area contributed by atoms with Crippen LogP contribution in [0.4, 0.5) is 4.39 Å². The summed E-state index contributed by atoms with van der Waals surface area (Å²) in [7, 11) is 1.99. The van der Waals surface area contributed by atoms with Crippen LogP contribution >= 0.6 is 0 Å². The molecule has 0 aliphatic carbocycles. The van der Waals surface area contributed by atoms with E-state index in [0.717, 1.165) is 49.3 Å². The van der Waals surface area contributed by atoms with Gasteiger partial charge in [0.2, 0.25) is 0 Å². The van der Waals surface area contributed by atoms with E-state index in [4.69, 9.17) is 5.10 Å². The number of rotatable bonds is 6. The molecule has 2 aliphatic rings. The molecule has 1 atom stereocenters. The van der Waals surface area contributed by atoms with Gasteiger partial charge in [-0.15, -0.1) is 0 Å². The Hall–Kier alpha value is -3.25. The lowest BCUT2D eigenvalue weighted by atomic mass is 9.90. The van der Waals surface area contributed by atoms with Crippen molar-refractivity contribution in [2.75, 3.05) is 19.6 Å². The van der Waals surface area contributed by atoms with Gasteiger partial charge in [0.25, 0.3) is 5.91 Å². The Morgan fingerprint density at radius 2 is 1.74 bits per heavy atom. The van der Waals surface area contributed by atoms with Gasteiger partial charge in [0.1, 0.15) is 11.9 Å². The van der Waals surface area contributed by atoms with E-state index in [-0.39, 0.29) is 17.8 Å². The number of benzene rings is 2. The monoisotopic (exact) mass is 458 g/mol. The van der Waals surface area contributed by atoms with Crippen LogP contribution in [-0.4, -0.2) is 45.7 Å². The number of nitrogens with zero attached hydrogens (tertiary/aromatic N) is 4. The Morgan fingerprint density at radius 1 is 1.00 bits per heavy atom. The molecule has 1 fully saturated rings. The van der Waals surface area contributed by atoms with Gasteiger partial charge in [0, 0.05) is 25.4 Å². The average molecular weight is 459 g/mol. The molecule has 1 amide bonds. The minimum atomic E-state index is -0.273. The SMILES string of the molecule is Cn1cccc1[C@@H]1CC(c2ccc(F)cc2)=NN1C(=O)CN1CCC(Cc2ccccc2)CC1. The zero-order valence-electron chi connectivity index (χ0n) is 19.6. The van der Waals surface area contributed by atoms with Crippen molar-refractivity contribution in [1.82, 2.24) is 14.5 Å². The van der Waals surface area contributed by atoms with Crippen LogP contribution in [0.1, 0.15) is 42.1 Å². The number of hydrogen-bond acceptors (Lipinski definition) is 3. The number of hydrogen-bond donors (Lipinski definition) is 0. The van der Waals surface area contributed by atoms with Crippen LogP contribution in [0.15, 0.2) is 78.0 Å². The third-order valence-corrected chi connectivity index (χ3v) is 7.10. The molecule has 3 heterocycles. The molecular weight excluding hydrogens is 427 g/mol. The molecular formula is C28H31FN4O. The van der Waals surface area contributed by atoms with Crippen LogP contribution in [0.5, 0.6) is 0 Å². The fourth-order valence-corrected chi connectivity index (χ4v) is 5.17. The number of carbonyl (C=O) groups excluding carboxylic acids is 1. The summed E-state index contributed by atoms with van der Waals surface area (Å²) in [5.74, 6) is 0.412. The lowest BCUT2D eigenvalue weighted by molar-refractivity contribution is -0.134. The van der Waals surface area contributed by atoms with Crippen LogP contribution in [0.25, 0.3) is 0 Å².